The van der Waals surface area contributed by atoms with Crippen LogP contribution in [0.2, 0.25) is 0 Å². The van der Waals surface area contributed by atoms with Gasteiger partial charge >= 0.3 is 11.6 Å². The molecule has 2 aromatic carbocycles. The molecule has 8 heteroatoms. The van der Waals surface area contributed by atoms with Gasteiger partial charge in [0.1, 0.15) is 16.9 Å². The predicted octanol–water partition coefficient (Wildman–Crippen LogP) is 3.18. The van der Waals surface area contributed by atoms with Crippen molar-refractivity contribution in [3.05, 3.63) is 56.9 Å². The molecule has 1 atom stereocenters. The number of rotatable bonds is 2. The molecule has 5 rings (SSSR count). The Kier molecular flexibility index (Phi) is 3.86. The van der Waals surface area contributed by atoms with Crippen molar-refractivity contribution >= 4 is 22.7 Å². The van der Waals surface area contributed by atoms with Crippen molar-refractivity contribution in [2.24, 2.45) is 0 Å². The van der Waals surface area contributed by atoms with E-state index >= 15 is 0 Å². The van der Waals surface area contributed by atoms with E-state index < -0.39 is 23.3 Å². The van der Waals surface area contributed by atoms with Crippen LogP contribution in [0.15, 0.2) is 33.5 Å². The van der Waals surface area contributed by atoms with Gasteiger partial charge in [-0.25, -0.2) is 4.79 Å². The smallest absolute Gasteiger partial charge is 0.336 e. The second-order valence-corrected chi connectivity index (χ2v) is 7.32. The maximum absolute atomic E-state index is 12.4. The summed E-state index contributed by atoms with van der Waals surface area (Å²) in [6.07, 6.45) is -0.0402. The summed E-state index contributed by atoms with van der Waals surface area (Å²) >= 11 is 0. The third kappa shape index (κ3) is 2.57. The van der Waals surface area contributed by atoms with Crippen molar-refractivity contribution in [3.63, 3.8) is 0 Å². The molecule has 0 radical (unpaired) electrons. The van der Waals surface area contributed by atoms with Gasteiger partial charge in [0, 0.05) is 17.5 Å². The van der Waals surface area contributed by atoms with Gasteiger partial charge in [-0.2, -0.15) is 0 Å². The van der Waals surface area contributed by atoms with Gasteiger partial charge < -0.3 is 23.7 Å². The van der Waals surface area contributed by atoms with E-state index in [-0.39, 0.29) is 41.2 Å². The molecule has 0 spiro atoms. The molecule has 0 aliphatic carbocycles. The number of carbonyl (C=O) groups is 2. The second kappa shape index (κ2) is 6.35. The zero-order valence-corrected chi connectivity index (χ0v) is 16.1. The van der Waals surface area contributed by atoms with Gasteiger partial charge in [-0.15, -0.1) is 0 Å². The fraction of sp³-hybridized carbons (Fsp3) is 0.227. The van der Waals surface area contributed by atoms with Crippen LogP contribution in [0.25, 0.3) is 11.0 Å². The maximum atomic E-state index is 12.4. The molecule has 0 bridgehead atoms. The van der Waals surface area contributed by atoms with Crippen molar-refractivity contribution in [2.75, 3.05) is 6.79 Å². The average Bonchev–Trinajstić information content (AvgIpc) is 3.14. The number of aromatic hydroxyl groups is 1. The molecule has 1 aromatic heterocycles. The number of phenols is 1. The number of ketones is 1. The zero-order valence-electron chi connectivity index (χ0n) is 16.1. The van der Waals surface area contributed by atoms with Gasteiger partial charge in [0.2, 0.25) is 6.79 Å². The molecule has 30 heavy (non-hydrogen) atoms. The largest absolute Gasteiger partial charge is 0.506 e. The van der Waals surface area contributed by atoms with E-state index in [4.69, 9.17) is 18.6 Å². The maximum Gasteiger partial charge on any atom is 0.336 e. The van der Waals surface area contributed by atoms with Crippen LogP contribution in [0, 0.1) is 6.92 Å². The molecule has 8 nitrogen and oxygen atoms in total. The lowest BCUT2D eigenvalue weighted by Gasteiger charge is -2.28. The molecule has 0 saturated carbocycles. The van der Waals surface area contributed by atoms with E-state index in [0.717, 1.165) is 0 Å². The summed E-state index contributed by atoms with van der Waals surface area (Å²) in [4.78, 5) is 36.9. The Bertz CT molecular complexity index is 1320. The first-order valence-corrected chi connectivity index (χ1v) is 9.29. The highest BCUT2D eigenvalue weighted by Crippen LogP contribution is 2.50. The number of hydrogen-bond donors (Lipinski definition) is 1. The summed E-state index contributed by atoms with van der Waals surface area (Å²) in [5.74, 6) is -0.976. The van der Waals surface area contributed by atoms with Crippen LogP contribution in [0.3, 0.4) is 0 Å². The number of hydrogen-bond acceptors (Lipinski definition) is 8. The normalized spacial score (nSPS) is 17.0. The first-order chi connectivity index (χ1) is 14.3. The van der Waals surface area contributed by atoms with E-state index in [2.05, 4.69) is 0 Å². The van der Waals surface area contributed by atoms with Crippen LogP contribution in [0.5, 0.6) is 23.0 Å². The average molecular weight is 408 g/mol. The molecule has 1 N–H and O–H groups in total. The number of esters is 1. The van der Waals surface area contributed by atoms with Crippen molar-refractivity contribution in [2.45, 2.75) is 26.2 Å². The Hall–Kier alpha value is -3.81. The Morgan fingerprint density at radius 3 is 2.67 bits per heavy atom. The van der Waals surface area contributed by atoms with Crippen molar-refractivity contribution in [3.8, 4) is 23.0 Å². The number of phenolic OH excluding ortho intramolecular Hbond substituents is 1. The Labute approximate surface area is 169 Å². The summed E-state index contributed by atoms with van der Waals surface area (Å²) < 4.78 is 21.7. The van der Waals surface area contributed by atoms with Crippen LogP contribution in [0.1, 0.15) is 46.3 Å². The van der Waals surface area contributed by atoms with Crippen molar-refractivity contribution in [1.82, 2.24) is 0 Å². The zero-order chi connectivity index (χ0) is 21.2. The van der Waals surface area contributed by atoms with Crippen LogP contribution in [-0.2, 0) is 4.79 Å². The Balaban J connectivity index is 1.88. The Morgan fingerprint density at radius 1 is 1.13 bits per heavy atom. The molecule has 0 unspecified atom stereocenters. The van der Waals surface area contributed by atoms with Crippen molar-refractivity contribution in [1.29, 1.82) is 0 Å². The van der Waals surface area contributed by atoms with Crippen LogP contribution in [-0.4, -0.2) is 23.7 Å². The van der Waals surface area contributed by atoms with Gasteiger partial charge in [-0.3, -0.25) is 9.59 Å². The molecule has 0 saturated heterocycles. The number of ether oxygens (including phenoxy) is 3. The highest BCUT2D eigenvalue weighted by atomic mass is 16.7. The van der Waals surface area contributed by atoms with E-state index in [9.17, 15) is 19.5 Å². The minimum absolute atomic E-state index is 0.0402. The molecular formula is C22H16O8. The molecule has 152 valence electrons. The molecule has 0 amide bonds. The highest BCUT2D eigenvalue weighted by Gasteiger charge is 2.37. The van der Waals surface area contributed by atoms with Gasteiger partial charge in [-0.05, 0) is 37.1 Å². The van der Waals surface area contributed by atoms with Crippen LogP contribution >= 0.6 is 0 Å². The molecule has 0 fully saturated rings. The predicted molar refractivity (Wildman–Crippen MR) is 104 cm³/mol. The Morgan fingerprint density at radius 2 is 1.90 bits per heavy atom. The minimum Gasteiger partial charge on any atom is -0.506 e. The SMILES string of the molecule is CC(=O)c1c2c(c3oc(=O)cc(C)c3c1O)[C@@H](c1ccc3c(c1)OCO3)CC(=O)O2. The van der Waals surface area contributed by atoms with Gasteiger partial charge in [0.05, 0.1) is 11.8 Å². The number of fused-ring (bicyclic) bond motifs is 4. The lowest BCUT2D eigenvalue weighted by Crippen LogP contribution is -2.23. The fourth-order valence-electron chi connectivity index (χ4n) is 4.15. The number of Topliss-reactive ketones (excluding diaryl/α,β-unsaturated/α-hetero) is 1. The summed E-state index contributed by atoms with van der Waals surface area (Å²) in [5.41, 5.74) is 0.875. The van der Waals surface area contributed by atoms with Crippen molar-refractivity contribution < 1.29 is 33.3 Å². The molecule has 2 aliphatic rings. The number of benzene rings is 2. The summed E-state index contributed by atoms with van der Waals surface area (Å²) in [7, 11) is 0. The quantitative estimate of drug-likeness (QED) is 0.298. The number of carbonyl (C=O) groups excluding carboxylic acids is 2. The van der Waals surface area contributed by atoms with E-state index in [0.29, 0.717) is 28.2 Å². The van der Waals surface area contributed by atoms with Crippen LogP contribution < -0.4 is 19.8 Å². The topological polar surface area (TPSA) is 112 Å². The van der Waals surface area contributed by atoms with Gasteiger partial charge in [-0.1, -0.05) is 6.07 Å². The van der Waals surface area contributed by atoms with Gasteiger partial charge in [0.25, 0.3) is 0 Å². The molecular weight excluding hydrogens is 392 g/mol. The lowest BCUT2D eigenvalue weighted by atomic mass is 9.82. The fourth-order valence-corrected chi connectivity index (χ4v) is 4.15. The lowest BCUT2D eigenvalue weighted by molar-refractivity contribution is -0.135. The molecule has 3 aromatic rings. The standard InChI is InChI=1S/C22H16O8/c1-9-5-15(24)29-21-17(9)20(26)18(10(2)23)22-19(21)12(7-16(25)30-22)11-3-4-13-14(6-11)28-8-27-13/h3-6,12,26H,7-8H2,1-2H3/t12-/m1/s1. The molecule has 3 heterocycles. The third-order valence-corrected chi connectivity index (χ3v) is 5.43. The summed E-state index contributed by atoms with van der Waals surface area (Å²) in [5, 5.41) is 11.0. The van der Waals surface area contributed by atoms with Gasteiger partial charge in [0.15, 0.2) is 23.0 Å². The highest BCUT2D eigenvalue weighted by molar-refractivity contribution is 6.09. The van der Waals surface area contributed by atoms with E-state index in [1.807, 2.05) is 0 Å². The van der Waals surface area contributed by atoms with Crippen LogP contribution in [0.4, 0.5) is 0 Å². The summed E-state index contributed by atoms with van der Waals surface area (Å²) in [6.45, 7) is 3.01. The first-order valence-electron chi connectivity index (χ1n) is 9.29. The second-order valence-electron chi connectivity index (χ2n) is 7.32. The number of aryl methyl sites for hydroxylation is 1. The monoisotopic (exact) mass is 408 g/mol. The third-order valence-electron chi connectivity index (χ3n) is 5.43. The minimum atomic E-state index is -0.612. The summed E-state index contributed by atoms with van der Waals surface area (Å²) in [6, 6.07) is 6.49. The molecule has 2 aliphatic heterocycles. The van der Waals surface area contributed by atoms with E-state index in [1.165, 1.54) is 13.0 Å². The first kappa shape index (κ1) is 18.2. The van der Waals surface area contributed by atoms with E-state index in [1.54, 1.807) is 25.1 Å².